The van der Waals surface area contributed by atoms with Gasteiger partial charge >= 0.3 is 0 Å². The molecule has 1 aliphatic rings. The summed E-state index contributed by atoms with van der Waals surface area (Å²) in [5.41, 5.74) is 3.79. The molecule has 0 unspecified atom stereocenters. The van der Waals surface area contributed by atoms with Crippen molar-refractivity contribution in [1.82, 2.24) is 4.90 Å². The predicted octanol–water partition coefficient (Wildman–Crippen LogP) is 7.47. The minimum Gasteiger partial charge on any atom is -0.490 e. The van der Waals surface area contributed by atoms with Crippen LogP contribution in [0.15, 0.2) is 119 Å². The summed E-state index contributed by atoms with van der Waals surface area (Å²) in [6.45, 7) is 3.35. The molecule has 1 fully saturated rings. The molecule has 5 rings (SSSR count). The molecule has 0 aliphatic carbocycles. The first kappa shape index (κ1) is 25.4. The molecule has 0 radical (unpaired) electrons. The van der Waals surface area contributed by atoms with Gasteiger partial charge in [0.25, 0.3) is 5.91 Å². The third-order valence-electron chi connectivity index (χ3n) is 5.86. The summed E-state index contributed by atoms with van der Waals surface area (Å²) in [4.78, 5) is 20.7. The standard InChI is InChI=1S/C32H28N2O3S/c1-2-36-29-20-26(18-19-28(29)37-23-25-14-8-4-9-15-25)21-30-31(35)34(22-24-12-6-3-7-13-24)32(38-30)33-27-16-10-5-11-17-27/h3-21H,2,22-23H2,1H3. The van der Waals surface area contributed by atoms with Crippen LogP contribution in [0.5, 0.6) is 11.5 Å². The van der Waals surface area contributed by atoms with Crippen LogP contribution in [0.3, 0.4) is 0 Å². The van der Waals surface area contributed by atoms with Gasteiger partial charge in [0.1, 0.15) is 6.61 Å². The maximum absolute atomic E-state index is 13.6. The Bertz CT molecular complexity index is 1440. The lowest BCUT2D eigenvalue weighted by Crippen LogP contribution is -2.28. The molecule has 0 atom stereocenters. The summed E-state index contributed by atoms with van der Waals surface area (Å²) >= 11 is 1.38. The maximum Gasteiger partial charge on any atom is 0.267 e. The first-order valence-electron chi connectivity index (χ1n) is 12.5. The predicted molar refractivity (Wildman–Crippen MR) is 154 cm³/mol. The first-order valence-corrected chi connectivity index (χ1v) is 13.3. The van der Waals surface area contributed by atoms with E-state index >= 15 is 0 Å². The average Bonchev–Trinajstić information content (AvgIpc) is 3.23. The topological polar surface area (TPSA) is 51.1 Å². The van der Waals surface area contributed by atoms with Crippen LogP contribution in [0.1, 0.15) is 23.6 Å². The lowest BCUT2D eigenvalue weighted by molar-refractivity contribution is -0.122. The summed E-state index contributed by atoms with van der Waals surface area (Å²) in [7, 11) is 0. The van der Waals surface area contributed by atoms with Crippen LogP contribution in [0.2, 0.25) is 0 Å². The van der Waals surface area contributed by atoms with Crippen molar-refractivity contribution >= 4 is 34.6 Å². The van der Waals surface area contributed by atoms with Crippen molar-refractivity contribution in [2.24, 2.45) is 4.99 Å². The SMILES string of the molecule is CCOc1cc(C=C2SC(=Nc3ccccc3)N(Cc3ccccc3)C2=O)ccc1OCc1ccccc1. The molecule has 4 aromatic carbocycles. The first-order chi connectivity index (χ1) is 18.7. The highest BCUT2D eigenvalue weighted by molar-refractivity contribution is 8.18. The van der Waals surface area contributed by atoms with Gasteiger partial charge in [-0.2, -0.15) is 0 Å². The second-order valence-electron chi connectivity index (χ2n) is 8.63. The molecule has 4 aromatic rings. The van der Waals surface area contributed by atoms with Crippen LogP contribution in [0.25, 0.3) is 6.08 Å². The summed E-state index contributed by atoms with van der Waals surface area (Å²) in [5, 5.41) is 0.657. The molecule has 0 aromatic heterocycles. The van der Waals surface area contributed by atoms with Crippen LogP contribution in [-0.4, -0.2) is 22.6 Å². The number of benzene rings is 4. The van der Waals surface area contributed by atoms with Crippen LogP contribution >= 0.6 is 11.8 Å². The van der Waals surface area contributed by atoms with Crippen molar-refractivity contribution in [2.45, 2.75) is 20.1 Å². The monoisotopic (exact) mass is 520 g/mol. The zero-order valence-electron chi connectivity index (χ0n) is 21.1. The van der Waals surface area contributed by atoms with Crippen molar-refractivity contribution in [3.8, 4) is 11.5 Å². The summed E-state index contributed by atoms with van der Waals surface area (Å²) in [6.07, 6.45) is 1.89. The van der Waals surface area contributed by atoms with E-state index in [4.69, 9.17) is 14.5 Å². The quantitative estimate of drug-likeness (QED) is 0.215. The third-order valence-corrected chi connectivity index (χ3v) is 6.86. The van der Waals surface area contributed by atoms with Gasteiger partial charge in [-0.1, -0.05) is 84.9 Å². The Labute approximate surface area is 227 Å². The molecule has 1 saturated heterocycles. The Morgan fingerprint density at radius 1 is 0.789 bits per heavy atom. The second-order valence-corrected chi connectivity index (χ2v) is 9.64. The number of carbonyl (C=O) groups is 1. The fourth-order valence-corrected chi connectivity index (χ4v) is 5.00. The lowest BCUT2D eigenvalue weighted by Gasteiger charge is -2.15. The molecule has 6 heteroatoms. The molecule has 1 heterocycles. The van der Waals surface area contributed by atoms with Crippen LogP contribution in [0, 0.1) is 0 Å². The molecule has 1 amide bonds. The van der Waals surface area contributed by atoms with Crippen LogP contribution in [0.4, 0.5) is 5.69 Å². The van der Waals surface area contributed by atoms with Crippen molar-refractivity contribution < 1.29 is 14.3 Å². The average molecular weight is 521 g/mol. The van der Waals surface area contributed by atoms with Crippen molar-refractivity contribution in [3.05, 3.63) is 131 Å². The minimum absolute atomic E-state index is 0.0732. The summed E-state index contributed by atoms with van der Waals surface area (Å²) in [6, 6.07) is 35.4. The van der Waals surface area contributed by atoms with E-state index in [1.807, 2.05) is 122 Å². The van der Waals surface area contributed by atoms with Gasteiger partial charge < -0.3 is 9.47 Å². The fraction of sp³-hybridized carbons (Fsp3) is 0.125. The van der Waals surface area contributed by atoms with Gasteiger partial charge in [-0.3, -0.25) is 9.69 Å². The second kappa shape index (κ2) is 12.3. The maximum atomic E-state index is 13.6. The third kappa shape index (κ3) is 6.33. The highest BCUT2D eigenvalue weighted by atomic mass is 32.2. The zero-order valence-corrected chi connectivity index (χ0v) is 21.9. The van der Waals surface area contributed by atoms with Gasteiger partial charge in [0.15, 0.2) is 16.7 Å². The number of ether oxygens (including phenoxy) is 2. The van der Waals surface area contributed by atoms with Gasteiger partial charge in [0.05, 0.1) is 23.7 Å². The number of hydrogen-bond donors (Lipinski definition) is 0. The number of amidine groups is 1. The van der Waals surface area contributed by atoms with E-state index in [0.717, 1.165) is 22.4 Å². The minimum atomic E-state index is -0.0732. The Balaban J connectivity index is 1.42. The Kier molecular flexibility index (Phi) is 8.21. The van der Waals surface area contributed by atoms with Crippen LogP contribution in [-0.2, 0) is 17.9 Å². The van der Waals surface area contributed by atoms with Gasteiger partial charge in [-0.15, -0.1) is 0 Å². The van der Waals surface area contributed by atoms with Crippen molar-refractivity contribution in [2.75, 3.05) is 6.61 Å². The van der Waals surface area contributed by atoms with Gasteiger partial charge in [0, 0.05) is 0 Å². The van der Waals surface area contributed by atoms with Gasteiger partial charge in [-0.05, 0) is 65.7 Å². The molecule has 1 aliphatic heterocycles. The van der Waals surface area contributed by atoms with Gasteiger partial charge in [-0.25, -0.2) is 4.99 Å². The number of amides is 1. The molecule has 0 spiro atoms. The summed E-state index contributed by atoms with van der Waals surface area (Å²) < 4.78 is 11.9. The highest BCUT2D eigenvalue weighted by Crippen LogP contribution is 2.37. The Hall–Kier alpha value is -4.29. The highest BCUT2D eigenvalue weighted by Gasteiger charge is 2.33. The lowest BCUT2D eigenvalue weighted by atomic mass is 10.1. The van der Waals surface area contributed by atoms with E-state index in [1.165, 1.54) is 11.8 Å². The molecule has 0 bridgehead atoms. The number of thioether (sulfide) groups is 1. The molecule has 5 nitrogen and oxygen atoms in total. The molecule has 0 saturated carbocycles. The molecular formula is C32H28N2O3S. The smallest absolute Gasteiger partial charge is 0.267 e. The summed E-state index contributed by atoms with van der Waals surface area (Å²) in [5.74, 6) is 1.24. The molecule has 38 heavy (non-hydrogen) atoms. The largest absolute Gasteiger partial charge is 0.490 e. The van der Waals surface area contributed by atoms with E-state index in [2.05, 4.69) is 0 Å². The number of hydrogen-bond acceptors (Lipinski definition) is 5. The van der Waals surface area contributed by atoms with Crippen LogP contribution < -0.4 is 9.47 Å². The van der Waals surface area contributed by atoms with E-state index in [9.17, 15) is 4.79 Å². The Morgan fingerprint density at radius 3 is 2.13 bits per heavy atom. The normalized spacial score (nSPS) is 15.3. The molecule has 0 N–H and O–H groups in total. The fourth-order valence-electron chi connectivity index (χ4n) is 4.00. The molecular weight excluding hydrogens is 492 g/mol. The number of aliphatic imine (C=N–C) groups is 1. The Morgan fingerprint density at radius 2 is 1.45 bits per heavy atom. The van der Waals surface area contributed by atoms with Crippen molar-refractivity contribution in [1.29, 1.82) is 0 Å². The van der Waals surface area contributed by atoms with E-state index in [-0.39, 0.29) is 5.91 Å². The number of nitrogens with zero attached hydrogens (tertiary/aromatic N) is 2. The number of carbonyl (C=O) groups excluding carboxylic acids is 1. The van der Waals surface area contributed by atoms with Gasteiger partial charge in [0.2, 0.25) is 0 Å². The molecule has 190 valence electrons. The van der Waals surface area contributed by atoms with E-state index in [0.29, 0.717) is 41.3 Å². The van der Waals surface area contributed by atoms with E-state index in [1.54, 1.807) is 4.90 Å². The number of rotatable bonds is 9. The van der Waals surface area contributed by atoms with E-state index < -0.39 is 0 Å². The van der Waals surface area contributed by atoms with Crippen molar-refractivity contribution in [3.63, 3.8) is 0 Å². The zero-order chi connectivity index (χ0) is 26.2. The number of para-hydroxylation sites is 1.